The van der Waals surface area contributed by atoms with Crippen molar-refractivity contribution in [2.75, 3.05) is 12.8 Å². The Morgan fingerprint density at radius 2 is 2.08 bits per heavy atom. The normalized spacial score (nSPS) is 10.0. The van der Waals surface area contributed by atoms with Gasteiger partial charge in [-0.2, -0.15) is 0 Å². The molecule has 0 unspecified atom stereocenters. The van der Waals surface area contributed by atoms with Gasteiger partial charge in [-0.3, -0.25) is 0 Å². The number of rotatable bonds is 1. The van der Waals surface area contributed by atoms with Crippen LogP contribution in [-0.2, 0) is 0 Å². The van der Waals surface area contributed by atoms with E-state index in [2.05, 4.69) is 15.9 Å². The SMILES string of the molecule is COc1c(Br)cc(Cl)c(N)c1Cl. The van der Waals surface area contributed by atoms with Crippen LogP contribution in [0.3, 0.4) is 0 Å². The van der Waals surface area contributed by atoms with Crippen LogP contribution in [0.2, 0.25) is 10.0 Å². The molecule has 1 aromatic carbocycles. The van der Waals surface area contributed by atoms with Crippen molar-refractivity contribution in [3.05, 3.63) is 20.6 Å². The number of halogens is 3. The maximum Gasteiger partial charge on any atom is 0.153 e. The van der Waals surface area contributed by atoms with E-state index in [1.54, 1.807) is 6.07 Å². The van der Waals surface area contributed by atoms with Crippen molar-refractivity contribution in [3.8, 4) is 5.75 Å². The Labute approximate surface area is 88.7 Å². The molecular formula is C7H6BrCl2NO. The van der Waals surface area contributed by atoms with E-state index >= 15 is 0 Å². The Morgan fingerprint density at radius 3 is 2.58 bits per heavy atom. The molecule has 0 atom stereocenters. The molecule has 0 spiro atoms. The molecule has 0 aliphatic carbocycles. The highest BCUT2D eigenvalue weighted by atomic mass is 79.9. The monoisotopic (exact) mass is 269 g/mol. The third kappa shape index (κ3) is 1.63. The molecule has 0 fully saturated rings. The van der Waals surface area contributed by atoms with Crippen LogP contribution in [-0.4, -0.2) is 7.11 Å². The maximum absolute atomic E-state index is 5.84. The zero-order valence-corrected chi connectivity index (χ0v) is 9.29. The molecule has 1 rings (SSSR count). The molecule has 2 nitrogen and oxygen atoms in total. The summed E-state index contributed by atoms with van der Waals surface area (Å²) >= 11 is 14.8. The topological polar surface area (TPSA) is 35.2 Å². The molecular weight excluding hydrogens is 265 g/mol. The van der Waals surface area contributed by atoms with E-state index < -0.39 is 0 Å². The first-order chi connectivity index (χ1) is 5.57. The summed E-state index contributed by atoms with van der Waals surface area (Å²) in [6, 6.07) is 1.64. The lowest BCUT2D eigenvalue weighted by Gasteiger charge is -2.08. The fraction of sp³-hybridized carbons (Fsp3) is 0.143. The molecule has 0 aliphatic heterocycles. The summed E-state index contributed by atoms with van der Waals surface area (Å²) in [5.74, 6) is 0.499. The van der Waals surface area contributed by atoms with Crippen molar-refractivity contribution in [2.24, 2.45) is 0 Å². The minimum absolute atomic E-state index is 0.330. The number of nitrogen functional groups attached to an aromatic ring is 1. The molecule has 2 N–H and O–H groups in total. The third-order valence-corrected chi connectivity index (χ3v) is 2.64. The first kappa shape index (κ1) is 9.96. The van der Waals surface area contributed by atoms with Gasteiger partial charge in [0.25, 0.3) is 0 Å². The molecule has 0 aromatic heterocycles. The standard InChI is InChI=1S/C7H6BrCl2NO/c1-12-7-3(8)2-4(9)6(11)5(7)10/h2H,11H2,1H3. The predicted octanol–water partition coefficient (Wildman–Crippen LogP) is 3.35. The molecule has 0 saturated carbocycles. The Bertz CT molecular complexity index is 317. The van der Waals surface area contributed by atoms with E-state index in [-0.39, 0.29) is 0 Å². The van der Waals surface area contributed by atoms with Gasteiger partial charge in [0.2, 0.25) is 0 Å². The Kier molecular flexibility index (Phi) is 3.09. The lowest BCUT2D eigenvalue weighted by atomic mass is 10.3. The van der Waals surface area contributed by atoms with Crippen molar-refractivity contribution in [2.45, 2.75) is 0 Å². The van der Waals surface area contributed by atoms with Gasteiger partial charge in [-0.1, -0.05) is 23.2 Å². The average molecular weight is 271 g/mol. The number of ether oxygens (including phenoxy) is 1. The molecule has 1 aromatic rings. The molecule has 0 radical (unpaired) electrons. The van der Waals surface area contributed by atoms with Gasteiger partial charge >= 0.3 is 0 Å². The van der Waals surface area contributed by atoms with Crippen LogP contribution in [0.1, 0.15) is 0 Å². The summed E-state index contributed by atoms with van der Waals surface area (Å²) in [6.07, 6.45) is 0. The van der Waals surface area contributed by atoms with E-state index in [0.29, 0.717) is 26.0 Å². The molecule has 66 valence electrons. The van der Waals surface area contributed by atoms with Crippen LogP contribution >= 0.6 is 39.1 Å². The number of methoxy groups -OCH3 is 1. The lowest BCUT2D eigenvalue weighted by Crippen LogP contribution is -1.93. The van der Waals surface area contributed by atoms with Gasteiger partial charge in [0.05, 0.1) is 22.3 Å². The van der Waals surface area contributed by atoms with Crippen molar-refractivity contribution in [1.82, 2.24) is 0 Å². The maximum atomic E-state index is 5.84. The zero-order chi connectivity index (χ0) is 9.30. The van der Waals surface area contributed by atoms with E-state index in [1.165, 1.54) is 7.11 Å². The minimum atomic E-state index is 0.330. The Balaban J connectivity index is 3.40. The van der Waals surface area contributed by atoms with Crippen LogP contribution in [0.4, 0.5) is 5.69 Å². The number of nitrogens with two attached hydrogens (primary N) is 1. The van der Waals surface area contributed by atoms with E-state index in [9.17, 15) is 0 Å². The summed E-state index contributed by atoms with van der Waals surface area (Å²) in [4.78, 5) is 0. The van der Waals surface area contributed by atoms with Crippen LogP contribution in [0, 0.1) is 0 Å². The second-order valence-electron chi connectivity index (χ2n) is 2.10. The fourth-order valence-corrected chi connectivity index (χ4v) is 2.14. The summed E-state index contributed by atoms with van der Waals surface area (Å²) in [5, 5.41) is 0.740. The van der Waals surface area contributed by atoms with Crippen LogP contribution < -0.4 is 10.5 Å². The summed E-state index contributed by atoms with van der Waals surface area (Å²) in [6.45, 7) is 0. The number of anilines is 1. The molecule has 0 aliphatic rings. The number of benzene rings is 1. The lowest BCUT2D eigenvalue weighted by molar-refractivity contribution is 0.412. The second kappa shape index (κ2) is 3.73. The molecule has 0 heterocycles. The molecule has 12 heavy (non-hydrogen) atoms. The predicted molar refractivity (Wildman–Crippen MR) is 55.1 cm³/mol. The zero-order valence-electron chi connectivity index (χ0n) is 6.20. The van der Waals surface area contributed by atoms with Gasteiger partial charge in [-0.05, 0) is 22.0 Å². The molecule has 0 amide bonds. The van der Waals surface area contributed by atoms with Crippen LogP contribution in [0.5, 0.6) is 5.75 Å². The molecule has 0 saturated heterocycles. The fourth-order valence-electron chi connectivity index (χ4n) is 0.774. The first-order valence-corrected chi connectivity index (χ1v) is 4.59. The van der Waals surface area contributed by atoms with Gasteiger partial charge < -0.3 is 10.5 Å². The highest BCUT2D eigenvalue weighted by Crippen LogP contribution is 2.41. The van der Waals surface area contributed by atoms with E-state index in [4.69, 9.17) is 33.7 Å². The Morgan fingerprint density at radius 1 is 1.50 bits per heavy atom. The molecule has 5 heteroatoms. The third-order valence-electron chi connectivity index (χ3n) is 1.37. The van der Waals surface area contributed by atoms with E-state index in [1.807, 2.05) is 0 Å². The highest BCUT2D eigenvalue weighted by Gasteiger charge is 2.12. The van der Waals surface area contributed by atoms with Crippen LogP contribution in [0.25, 0.3) is 0 Å². The Hall–Kier alpha value is -0.120. The van der Waals surface area contributed by atoms with Gasteiger partial charge in [0, 0.05) is 0 Å². The van der Waals surface area contributed by atoms with Crippen molar-refractivity contribution < 1.29 is 4.74 Å². The number of hydrogen-bond donors (Lipinski definition) is 1. The van der Waals surface area contributed by atoms with Crippen molar-refractivity contribution >= 4 is 44.8 Å². The van der Waals surface area contributed by atoms with Crippen LogP contribution in [0.15, 0.2) is 10.5 Å². The summed E-state index contributed by atoms with van der Waals surface area (Å²) < 4.78 is 5.68. The molecule has 0 bridgehead atoms. The number of hydrogen-bond acceptors (Lipinski definition) is 2. The smallest absolute Gasteiger partial charge is 0.153 e. The summed E-state index contributed by atoms with van der Waals surface area (Å²) in [5.41, 5.74) is 5.89. The van der Waals surface area contributed by atoms with Crippen molar-refractivity contribution in [1.29, 1.82) is 0 Å². The van der Waals surface area contributed by atoms with Gasteiger partial charge in [0.1, 0.15) is 5.02 Å². The van der Waals surface area contributed by atoms with Gasteiger partial charge in [-0.15, -0.1) is 0 Å². The van der Waals surface area contributed by atoms with Gasteiger partial charge in [-0.25, -0.2) is 0 Å². The average Bonchev–Trinajstić information content (AvgIpc) is 2.01. The quantitative estimate of drug-likeness (QED) is 0.795. The minimum Gasteiger partial charge on any atom is -0.494 e. The highest BCUT2D eigenvalue weighted by molar-refractivity contribution is 9.10. The largest absolute Gasteiger partial charge is 0.494 e. The van der Waals surface area contributed by atoms with E-state index in [0.717, 1.165) is 0 Å². The second-order valence-corrected chi connectivity index (χ2v) is 3.74. The van der Waals surface area contributed by atoms with Gasteiger partial charge in [0.15, 0.2) is 5.75 Å². The first-order valence-electron chi connectivity index (χ1n) is 3.05. The van der Waals surface area contributed by atoms with Crippen molar-refractivity contribution in [3.63, 3.8) is 0 Å². The summed E-state index contributed by atoms with van der Waals surface area (Å²) in [7, 11) is 1.51.